The monoisotopic (exact) mass is 443 g/mol. The highest BCUT2D eigenvalue weighted by Gasteiger charge is 1.99. The van der Waals surface area contributed by atoms with Gasteiger partial charge in [0.2, 0.25) is 0 Å². The third-order valence-electron chi connectivity index (χ3n) is 3.20. The Hall–Kier alpha value is -1.83. The summed E-state index contributed by atoms with van der Waals surface area (Å²) in [6, 6.07) is 16.2. The maximum atomic E-state index is 13.1. The molecule has 24 heavy (non-hydrogen) atoms. The lowest BCUT2D eigenvalue weighted by atomic mass is 10.2. The van der Waals surface area contributed by atoms with Crippen LogP contribution in [0.1, 0.15) is 12.0 Å². The van der Waals surface area contributed by atoms with Crippen molar-refractivity contribution in [2.24, 2.45) is 4.99 Å². The number of hydrogen-bond acceptors (Lipinski definition) is 2. The van der Waals surface area contributed by atoms with Crippen LogP contribution in [0.5, 0.6) is 5.75 Å². The second-order valence-corrected chi connectivity index (χ2v) is 5.00. The van der Waals surface area contributed by atoms with Crippen molar-refractivity contribution in [2.75, 3.05) is 20.2 Å². The molecule has 0 radical (unpaired) electrons. The van der Waals surface area contributed by atoms with Gasteiger partial charge in [0, 0.05) is 20.1 Å². The summed E-state index contributed by atoms with van der Waals surface area (Å²) >= 11 is 0. The summed E-state index contributed by atoms with van der Waals surface area (Å²) in [4.78, 5) is 4.14. The van der Waals surface area contributed by atoms with E-state index in [4.69, 9.17) is 4.74 Å². The van der Waals surface area contributed by atoms with Gasteiger partial charge < -0.3 is 15.4 Å². The second kappa shape index (κ2) is 11.7. The number of aliphatic imine (C=N–C) groups is 1. The highest BCUT2D eigenvalue weighted by molar-refractivity contribution is 14.0. The maximum absolute atomic E-state index is 13.1. The van der Waals surface area contributed by atoms with Gasteiger partial charge in [-0.3, -0.25) is 4.99 Å². The highest BCUT2D eigenvalue weighted by atomic mass is 127. The molecule has 0 atom stereocenters. The van der Waals surface area contributed by atoms with E-state index < -0.39 is 0 Å². The Bertz CT molecular complexity index is 623. The van der Waals surface area contributed by atoms with Gasteiger partial charge in [0.05, 0.1) is 6.61 Å². The van der Waals surface area contributed by atoms with E-state index in [9.17, 15) is 4.39 Å². The van der Waals surface area contributed by atoms with Gasteiger partial charge in [-0.15, -0.1) is 24.0 Å². The Labute approximate surface area is 159 Å². The van der Waals surface area contributed by atoms with Crippen LogP contribution >= 0.6 is 24.0 Å². The fourth-order valence-electron chi connectivity index (χ4n) is 2.04. The van der Waals surface area contributed by atoms with Crippen LogP contribution in [0.25, 0.3) is 0 Å². The Morgan fingerprint density at radius 2 is 1.88 bits per heavy atom. The van der Waals surface area contributed by atoms with Gasteiger partial charge in [0.25, 0.3) is 0 Å². The first kappa shape index (κ1) is 20.2. The minimum Gasteiger partial charge on any atom is -0.494 e. The highest BCUT2D eigenvalue weighted by Crippen LogP contribution is 2.08. The third kappa shape index (κ3) is 7.63. The Balaban J connectivity index is 0.00000288. The van der Waals surface area contributed by atoms with Crippen molar-refractivity contribution < 1.29 is 9.13 Å². The SMILES string of the molecule is CN=C(NCCCOc1ccccc1)NCc1cccc(F)c1.I. The first-order valence-corrected chi connectivity index (χ1v) is 7.65. The van der Waals surface area contributed by atoms with E-state index in [-0.39, 0.29) is 29.8 Å². The smallest absolute Gasteiger partial charge is 0.191 e. The van der Waals surface area contributed by atoms with Crippen LogP contribution < -0.4 is 15.4 Å². The number of nitrogens with one attached hydrogen (secondary N) is 2. The van der Waals surface area contributed by atoms with Gasteiger partial charge in [-0.05, 0) is 36.2 Å². The zero-order valence-electron chi connectivity index (χ0n) is 13.7. The number of para-hydroxylation sites is 1. The van der Waals surface area contributed by atoms with Crippen LogP contribution in [0.2, 0.25) is 0 Å². The van der Waals surface area contributed by atoms with Crippen LogP contribution in [0, 0.1) is 5.82 Å². The first-order valence-electron chi connectivity index (χ1n) is 7.65. The summed E-state index contributed by atoms with van der Waals surface area (Å²) in [6.45, 7) is 1.91. The lowest BCUT2D eigenvalue weighted by Gasteiger charge is -2.12. The molecule has 0 fully saturated rings. The Kier molecular flexibility index (Phi) is 9.83. The van der Waals surface area contributed by atoms with Gasteiger partial charge in [0.15, 0.2) is 5.96 Å². The van der Waals surface area contributed by atoms with E-state index in [1.165, 1.54) is 12.1 Å². The molecule has 2 aromatic carbocycles. The lowest BCUT2D eigenvalue weighted by molar-refractivity contribution is 0.311. The number of hydrogen-bond donors (Lipinski definition) is 2. The van der Waals surface area contributed by atoms with Crippen LogP contribution in [-0.2, 0) is 6.54 Å². The van der Waals surface area contributed by atoms with Crippen molar-refractivity contribution in [3.05, 3.63) is 66.0 Å². The second-order valence-electron chi connectivity index (χ2n) is 5.00. The lowest BCUT2D eigenvalue weighted by Crippen LogP contribution is -2.37. The molecule has 0 unspecified atom stereocenters. The van der Waals surface area contributed by atoms with Crippen molar-refractivity contribution in [2.45, 2.75) is 13.0 Å². The molecule has 6 heteroatoms. The van der Waals surface area contributed by atoms with Crippen molar-refractivity contribution in [3.63, 3.8) is 0 Å². The maximum Gasteiger partial charge on any atom is 0.191 e. The Morgan fingerprint density at radius 1 is 1.08 bits per heavy atom. The van der Waals surface area contributed by atoms with Crippen LogP contribution in [0.15, 0.2) is 59.6 Å². The number of rotatable bonds is 7. The quantitative estimate of drug-likeness (QED) is 0.298. The third-order valence-corrected chi connectivity index (χ3v) is 3.20. The van der Waals surface area contributed by atoms with E-state index in [0.717, 1.165) is 24.3 Å². The fraction of sp³-hybridized carbons (Fsp3) is 0.278. The fourth-order valence-corrected chi connectivity index (χ4v) is 2.04. The molecule has 2 rings (SSSR count). The summed E-state index contributed by atoms with van der Waals surface area (Å²) in [5.74, 6) is 1.33. The first-order chi connectivity index (χ1) is 11.3. The predicted octanol–water partition coefficient (Wildman–Crippen LogP) is 3.58. The van der Waals surface area contributed by atoms with Gasteiger partial charge in [0.1, 0.15) is 11.6 Å². The molecule has 0 saturated heterocycles. The predicted molar refractivity (Wildman–Crippen MR) is 107 cm³/mol. The summed E-state index contributed by atoms with van der Waals surface area (Å²) < 4.78 is 18.7. The molecule has 0 aliphatic carbocycles. The summed E-state index contributed by atoms with van der Waals surface area (Å²) in [5.41, 5.74) is 0.875. The molecule has 4 nitrogen and oxygen atoms in total. The normalized spacial score (nSPS) is 10.7. The van der Waals surface area contributed by atoms with Gasteiger partial charge in [-0.1, -0.05) is 30.3 Å². The molecule has 2 aromatic rings. The molecule has 0 aromatic heterocycles. The Morgan fingerprint density at radius 3 is 2.58 bits per heavy atom. The molecule has 0 saturated carbocycles. The van der Waals surface area contributed by atoms with Crippen LogP contribution in [0.3, 0.4) is 0 Å². The minimum atomic E-state index is -0.231. The van der Waals surface area contributed by atoms with Gasteiger partial charge in [-0.2, -0.15) is 0 Å². The summed E-state index contributed by atoms with van der Waals surface area (Å²) in [6.07, 6.45) is 0.857. The van der Waals surface area contributed by atoms with Crippen molar-refractivity contribution in [1.82, 2.24) is 10.6 Å². The summed E-state index contributed by atoms with van der Waals surface area (Å²) in [5, 5.41) is 6.36. The standard InChI is InChI=1S/C18H22FN3O.HI/c1-20-18(22-14-15-7-5-8-16(19)13-15)21-11-6-12-23-17-9-3-2-4-10-17;/h2-5,7-10,13H,6,11-12,14H2,1H3,(H2,20,21,22);1H. The average Bonchev–Trinajstić information content (AvgIpc) is 2.58. The largest absolute Gasteiger partial charge is 0.494 e. The molecule has 2 N–H and O–H groups in total. The zero-order chi connectivity index (χ0) is 16.3. The molecular formula is C18H23FIN3O. The summed E-state index contributed by atoms with van der Waals surface area (Å²) in [7, 11) is 1.71. The minimum absolute atomic E-state index is 0. The van der Waals surface area contributed by atoms with E-state index in [1.807, 2.05) is 36.4 Å². The molecule has 0 aliphatic heterocycles. The van der Waals surface area contributed by atoms with Crippen LogP contribution in [-0.4, -0.2) is 26.2 Å². The van der Waals surface area contributed by atoms with E-state index in [2.05, 4.69) is 15.6 Å². The molecule has 0 aliphatic rings. The molecule has 130 valence electrons. The average molecular weight is 443 g/mol. The number of ether oxygens (including phenoxy) is 1. The topological polar surface area (TPSA) is 45.7 Å². The van der Waals surface area contributed by atoms with Gasteiger partial charge >= 0.3 is 0 Å². The molecular weight excluding hydrogens is 420 g/mol. The van der Waals surface area contributed by atoms with Gasteiger partial charge in [-0.25, -0.2) is 4.39 Å². The van der Waals surface area contributed by atoms with E-state index in [1.54, 1.807) is 13.1 Å². The molecule has 0 bridgehead atoms. The number of nitrogens with zero attached hydrogens (tertiary/aromatic N) is 1. The van der Waals surface area contributed by atoms with Crippen molar-refractivity contribution >= 4 is 29.9 Å². The molecule has 0 amide bonds. The van der Waals surface area contributed by atoms with E-state index >= 15 is 0 Å². The molecule has 0 spiro atoms. The number of guanidine groups is 1. The van der Waals surface area contributed by atoms with E-state index in [0.29, 0.717) is 19.1 Å². The molecule has 0 heterocycles. The zero-order valence-corrected chi connectivity index (χ0v) is 16.0. The van der Waals surface area contributed by atoms with Crippen molar-refractivity contribution in [1.29, 1.82) is 0 Å². The van der Waals surface area contributed by atoms with Crippen LogP contribution in [0.4, 0.5) is 4.39 Å². The van der Waals surface area contributed by atoms with Crippen molar-refractivity contribution in [3.8, 4) is 5.75 Å². The number of halogens is 2. The number of benzene rings is 2.